The highest BCUT2D eigenvalue weighted by Gasteiger charge is 2.29. The average molecular weight is 246 g/mol. The monoisotopic (exact) mass is 246 g/mol. The molecule has 0 radical (unpaired) electrons. The van der Waals surface area contributed by atoms with Crippen LogP contribution in [0, 0.1) is 6.92 Å². The number of carbonyl (C=O) groups excluding carboxylic acids is 2. The molecule has 96 valence electrons. The van der Waals surface area contributed by atoms with Gasteiger partial charge in [-0.05, 0) is 31.5 Å². The van der Waals surface area contributed by atoms with E-state index < -0.39 is 0 Å². The second kappa shape index (κ2) is 5.31. The number of hydrogen-bond donors (Lipinski definition) is 1. The fraction of sp³-hybridized carbons (Fsp3) is 0.429. The van der Waals surface area contributed by atoms with E-state index in [2.05, 4.69) is 24.4 Å². The van der Waals surface area contributed by atoms with Gasteiger partial charge in [-0.15, -0.1) is 0 Å². The molecule has 2 amide bonds. The average Bonchev–Trinajstić information content (AvgIpc) is 2.32. The second-order valence-electron chi connectivity index (χ2n) is 4.81. The summed E-state index contributed by atoms with van der Waals surface area (Å²) in [7, 11) is 1.92. The molecule has 4 heteroatoms. The predicted molar refractivity (Wildman–Crippen MR) is 68.8 cm³/mol. The minimum absolute atomic E-state index is 0.166. The van der Waals surface area contributed by atoms with Crippen LogP contribution in [0.5, 0.6) is 0 Å². The lowest BCUT2D eigenvalue weighted by Gasteiger charge is -2.30. The summed E-state index contributed by atoms with van der Waals surface area (Å²) < 4.78 is 0. The Morgan fingerprint density at radius 1 is 1.33 bits per heavy atom. The zero-order valence-electron chi connectivity index (χ0n) is 10.8. The number of nitrogens with one attached hydrogen (secondary N) is 1. The zero-order valence-corrected chi connectivity index (χ0v) is 10.8. The Morgan fingerprint density at radius 2 is 2.06 bits per heavy atom. The van der Waals surface area contributed by atoms with Gasteiger partial charge in [0.2, 0.25) is 11.8 Å². The summed E-state index contributed by atoms with van der Waals surface area (Å²) in [6.07, 6.45) is 1.03. The van der Waals surface area contributed by atoms with Crippen LogP contribution < -0.4 is 5.32 Å². The number of carbonyl (C=O) groups is 2. The van der Waals surface area contributed by atoms with E-state index >= 15 is 0 Å². The summed E-state index contributed by atoms with van der Waals surface area (Å²) in [6.45, 7) is 2.78. The lowest BCUT2D eigenvalue weighted by Crippen LogP contribution is -2.51. The first kappa shape index (κ1) is 12.8. The van der Waals surface area contributed by atoms with Gasteiger partial charge in [0.25, 0.3) is 0 Å². The smallest absolute Gasteiger partial charge is 0.243 e. The molecule has 0 aliphatic carbocycles. The molecule has 0 saturated carbocycles. The van der Waals surface area contributed by atoms with E-state index in [4.69, 9.17) is 0 Å². The Morgan fingerprint density at radius 3 is 2.72 bits per heavy atom. The second-order valence-corrected chi connectivity index (χ2v) is 4.81. The van der Waals surface area contributed by atoms with Crippen LogP contribution >= 0.6 is 0 Å². The van der Waals surface area contributed by atoms with E-state index in [0.717, 1.165) is 6.54 Å². The SMILES string of the molecule is Cc1ccccc1CN(C)C1CCC(=O)NC1=O. The summed E-state index contributed by atoms with van der Waals surface area (Å²) in [5.41, 5.74) is 2.43. The van der Waals surface area contributed by atoms with E-state index in [1.807, 2.05) is 24.1 Å². The topological polar surface area (TPSA) is 49.4 Å². The molecular formula is C14H18N2O2. The van der Waals surface area contributed by atoms with Crippen molar-refractivity contribution in [2.75, 3.05) is 7.05 Å². The molecule has 1 aromatic carbocycles. The van der Waals surface area contributed by atoms with Gasteiger partial charge < -0.3 is 0 Å². The van der Waals surface area contributed by atoms with Crippen LogP contribution in [0.3, 0.4) is 0 Å². The van der Waals surface area contributed by atoms with Gasteiger partial charge in [-0.25, -0.2) is 0 Å². The van der Waals surface area contributed by atoms with Gasteiger partial charge in [0, 0.05) is 13.0 Å². The third-order valence-corrected chi connectivity index (χ3v) is 3.42. The van der Waals surface area contributed by atoms with Crippen LogP contribution in [-0.2, 0) is 16.1 Å². The Hall–Kier alpha value is -1.68. The van der Waals surface area contributed by atoms with Crippen molar-refractivity contribution in [2.45, 2.75) is 32.4 Å². The zero-order chi connectivity index (χ0) is 13.1. The number of aryl methyl sites for hydroxylation is 1. The first-order chi connectivity index (χ1) is 8.58. The molecule has 1 saturated heterocycles. The van der Waals surface area contributed by atoms with Crippen LogP contribution in [0.1, 0.15) is 24.0 Å². The number of hydrogen-bond acceptors (Lipinski definition) is 3. The maximum Gasteiger partial charge on any atom is 0.243 e. The fourth-order valence-electron chi connectivity index (χ4n) is 2.27. The van der Waals surface area contributed by atoms with Crippen molar-refractivity contribution >= 4 is 11.8 Å². The van der Waals surface area contributed by atoms with Gasteiger partial charge in [0.1, 0.15) is 0 Å². The number of likely N-dealkylation sites (N-methyl/N-ethyl adjacent to an activating group) is 1. The first-order valence-electron chi connectivity index (χ1n) is 6.16. The largest absolute Gasteiger partial charge is 0.295 e. The molecule has 4 nitrogen and oxygen atoms in total. The van der Waals surface area contributed by atoms with Crippen molar-refractivity contribution in [3.63, 3.8) is 0 Å². The summed E-state index contributed by atoms with van der Waals surface area (Å²) in [6, 6.07) is 7.93. The molecule has 0 bridgehead atoms. The van der Waals surface area contributed by atoms with Gasteiger partial charge in [-0.3, -0.25) is 19.8 Å². The molecule has 0 spiro atoms. The van der Waals surface area contributed by atoms with Crippen LogP contribution in [0.25, 0.3) is 0 Å². The molecule has 1 fully saturated rings. The minimum Gasteiger partial charge on any atom is -0.295 e. The highest BCUT2D eigenvalue weighted by Crippen LogP contribution is 2.15. The molecule has 2 rings (SSSR count). The molecule has 1 heterocycles. The third kappa shape index (κ3) is 2.76. The maximum absolute atomic E-state index is 11.7. The lowest BCUT2D eigenvalue weighted by atomic mass is 10.0. The van der Waals surface area contributed by atoms with Crippen molar-refractivity contribution in [3.8, 4) is 0 Å². The molecule has 1 aromatic rings. The number of rotatable bonds is 3. The molecule has 1 atom stereocenters. The third-order valence-electron chi connectivity index (χ3n) is 3.42. The van der Waals surface area contributed by atoms with E-state index in [1.54, 1.807) is 0 Å². The molecule has 1 aliphatic heterocycles. The molecular weight excluding hydrogens is 228 g/mol. The number of piperidine rings is 1. The normalized spacial score (nSPS) is 20.1. The lowest BCUT2D eigenvalue weighted by molar-refractivity contribution is -0.137. The Balaban J connectivity index is 2.04. The number of benzene rings is 1. The van der Waals surface area contributed by atoms with E-state index in [1.165, 1.54) is 11.1 Å². The van der Waals surface area contributed by atoms with Crippen LogP contribution in [0.2, 0.25) is 0 Å². The van der Waals surface area contributed by atoms with Crippen LogP contribution in [-0.4, -0.2) is 29.8 Å². The van der Waals surface area contributed by atoms with Crippen molar-refractivity contribution in [1.82, 2.24) is 10.2 Å². The van der Waals surface area contributed by atoms with Gasteiger partial charge >= 0.3 is 0 Å². The van der Waals surface area contributed by atoms with Crippen molar-refractivity contribution in [3.05, 3.63) is 35.4 Å². The van der Waals surface area contributed by atoms with Gasteiger partial charge in [-0.1, -0.05) is 24.3 Å². The summed E-state index contributed by atoms with van der Waals surface area (Å²) in [5.74, 6) is -0.345. The van der Waals surface area contributed by atoms with Crippen molar-refractivity contribution in [2.24, 2.45) is 0 Å². The summed E-state index contributed by atoms with van der Waals surface area (Å²) in [4.78, 5) is 24.9. The van der Waals surface area contributed by atoms with Gasteiger partial charge in [0.15, 0.2) is 0 Å². The molecule has 18 heavy (non-hydrogen) atoms. The number of amides is 2. The fourth-order valence-corrected chi connectivity index (χ4v) is 2.27. The number of nitrogens with zero attached hydrogens (tertiary/aromatic N) is 1. The van der Waals surface area contributed by atoms with Gasteiger partial charge in [0.05, 0.1) is 6.04 Å². The van der Waals surface area contributed by atoms with Crippen LogP contribution in [0.4, 0.5) is 0 Å². The maximum atomic E-state index is 11.7. The Labute approximate surface area is 107 Å². The van der Waals surface area contributed by atoms with Crippen LogP contribution in [0.15, 0.2) is 24.3 Å². The molecule has 1 unspecified atom stereocenters. The van der Waals surface area contributed by atoms with Gasteiger partial charge in [-0.2, -0.15) is 0 Å². The Kier molecular flexibility index (Phi) is 3.77. The van der Waals surface area contributed by atoms with Crippen molar-refractivity contribution in [1.29, 1.82) is 0 Å². The van der Waals surface area contributed by atoms with E-state index in [9.17, 15) is 9.59 Å². The first-order valence-corrected chi connectivity index (χ1v) is 6.16. The minimum atomic E-state index is -0.206. The van der Waals surface area contributed by atoms with E-state index in [-0.39, 0.29) is 17.9 Å². The quantitative estimate of drug-likeness (QED) is 0.816. The highest BCUT2D eigenvalue weighted by atomic mass is 16.2. The Bertz CT molecular complexity index is 471. The standard InChI is InChI=1S/C14H18N2O2/c1-10-5-3-4-6-11(10)9-16(2)12-7-8-13(17)15-14(12)18/h3-6,12H,7-9H2,1-2H3,(H,15,17,18). The number of imide groups is 1. The summed E-state index contributed by atoms with van der Waals surface area (Å²) >= 11 is 0. The molecule has 0 aromatic heterocycles. The summed E-state index contributed by atoms with van der Waals surface area (Å²) in [5, 5.41) is 2.39. The predicted octanol–water partition coefficient (Wildman–Crippen LogP) is 1.23. The van der Waals surface area contributed by atoms with Crippen molar-refractivity contribution < 1.29 is 9.59 Å². The molecule has 1 N–H and O–H groups in total. The molecule has 1 aliphatic rings. The van der Waals surface area contributed by atoms with E-state index in [0.29, 0.717) is 12.8 Å². The highest BCUT2D eigenvalue weighted by molar-refractivity contribution is 6.00.